The van der Waals surface area contributed by atoms with E-state index in [2.05, 4.69) is 9.97 Å². The van der Waals surface area contributed by atoms with Crippen LogP contribution in [0.1, 0.15) is 16.1 Å². The first-order valence-corrected chi connectivity index (χ1v) is 10.5. The van der Waals surface area contributed by atoms with E-state index in [1.54, 1.807) is 33.2 Å². The number of phenols is 1. The summed E-state index contributed by atoms with van der Waals surface area (Å²) < 4.78 is 6.83. The zero-order valence-electron chi connectivity index (χ0n) is 14.7. The summed E-state index contributed by atoms with van der Waals surface area (Å²) in [6.45, 7) is 1.09. The number of rotatable bonds is 2. The molecule has 0 unspecified atom stereocenters. The molecule has 1 aliphatic rings. The van der Waals surface area contributed by atoms with E-state index in [-0.39, 0.29) is 11.7 Å². The summed E-state index contributed by atoms with van der Waals surface area (Å²) >= 11 is 2.96. The normalized spacial score (nSPS) is 13.8. The third kappa shape index (κ3) is 3.00. The minimum absolute atomic E-state index is 0.0645. The second-order valence-electron chi connectivity index (χ2n) is 6.42. The number of amides is 1. The molecule has 0 aliphatic carbocycles. The van der Waals surface area contributed by atoms with Crippen molar-refractivity contribution in [1.82, 2.24) is 14.9 Å². The Kier molecular flexibility index (Phi) is 4.22. The molecule has 5 rings (SSSR count). The van der Waals surface area contributed by atoms with Crippen LogP contribution in [-0.4, -0.2) is 39.0 Å². The Morgan fingerprint density at radius 3 is 2.96 bits per heavy atom. The molecule has 6 nitrogen and oxygen atoms in total. The molecule has 1 N–H and O–H groups in total. The van der Waals surface area contributed by atoms with Crippen LogP contribution in [0.5, 0.6) is 11.5 Å². The minimum atomic E-state index is -0.137. The molecule has 28 heavy (non-hydrogen) atoms. The predicted octanol–water partition coefficient (Wildman–Crippen LogP) is 4.16. The fraction of sp³-hybridized carbons (Fsp3) is 0.150. The van der Waals surface area contributed by atoms with Gasteiger partial charge in [0, 0.05) is 23.1 Å². The number of ether oxygens (including phenoxy) is 1. The van der Waals surface area contributed by atoms with Crippen LogP contribution >= 0.6 is 22.7 Å². The molecule has 0 fully saturated rings. The highest BCUT2D eigenvalue weighted by Crippen LogP contribution is 2.39. The number of phenolic OH excluding ortho intramolecular Hbond substituents is 1. The first kappa shape index (κ1) is 17.2. The fourth-order valence-electron chi connectivity index (χ4n) is 3.27. The summed E-state index contributed by atoms with van der Waals surface area (Å²) in [7, 11) is 0. The van der Waals surface area contributed by atoms with Gasteiger partial charge in [0.2, 0.25) is 0 Å². The molecule has 0 atom stereocenters. The number of fused-ring (bicyclic) bond motifs is 2. The van der Waals surface area contributed by atoms with E-state index < -0.39 is 0 Å². The first-order valence-electron chi connectivity index (χ1n) is 8.71. The Bertz CT molecular complexity index is 1140. The molecule has 0 bridgehead atoms. The van der Waals surface area contributed by atoms with Crippen LogP contribution in [-0.2, 0) is 6.54 Å². The van der Waals surface area contributed by atoms with E-state index in [4.69, 9.17) is 4.74 Å². The van der Waals surface area contributed by atoms with Gasteiger partial charge in [0.15, 0.2) is 11.5 Å². The van der Waals surface area contributed by atoms with Crippen LogP contribution in [0.3, 0.4) is 0 Å². The molecule has 0 spiro atoms. The fourth-order valence-corrected chi connectivity index (χ4v) is 4.75. The van der Waals surface area contributed by atoms with Crippen molar-refractivity contribution in [3.05, 3.63) is 58.5 Å². The molecule has 0 radical (unpaired) electrons. The number of carbonyl (C=O) groups is 1. The van der Waals surface area contributed by atoms with Gasteiger partial charge in [-0.15, -0.1) is 22.7 Å². The zero-order valence-corrected chi connectivity index (χ0v) is 16.3. The summed E-state index contributed by atoms with van der Waals surface area (Å²) in [5.41, 5.74) is 4.57. The maximum Gasteiger partial charge on any atom is 0.273 e. The maximum atomic E-state index is 12.7. The van der Waals surface area contributed by atoms with E-state index in [1.165, 1.54) is 11.3 Å². The van der Waals surface area contributed by atoms with Gasteiger partial charge >= 0.3 is 0 Å². The topological polar surface area (TPSA) is 75.6 Å². The second kappa shape index (κ2) is 6.88. The first-order chi connectivity index (χ1) is 13.7. The minimum Gasteiger partial charge on any atom is -0.504 e. The van der Waals surface area contributed by atoms with Gasteiger partial charge in [0.25, 0.3) is 5.91 Å². The highest BCUT2D eigenvalue weighted by Gasteiger charge is 2.25. The maximum absolute atomic E-state index is 12.7. The van der Waals surface area contributed by atoms with Gasteiger partial charge in [-0.05, 0) is 24.3 Å². The number of aromatic nitrogens is 2. The van der Waals surface area contributed by atoms with Crippen LogP contribution < -0.4 is 4.74 Å². The lowest BCUT2D eigenvalue weighted by molar-refractivity contribution is 0.0728. The van der Waals surface area contributed by atoms with Crippen molar-refractivity contribution in [2.24, 2.45) is 0 Å². The summed E-state index contributed by atoms with van der Waals surface area (Å²) in [4.78, 5) is 23.2. The van der Waals surface area contributed by atoms with E-state index >= 15 is 0 Å². The number of hydrogen-bond acceptors (Lipinski definition) is 7. The quantitative estimate of drug-likeness (QED) is 0.538. The molecule has 0 saturated carbocycles. The highest BCUT2D eigenvalue weighted by atomic mass is 32.1. The van der Waals surface area contributed by atoms with Crippen molar-refractivity contribution in [3.63, 3.8) is 0 Å². The van der Waals surface area contributed by atoms with E-state index in [0.29, 0.717) is 31.1 Å². The average molecular weight is 409 g/mol. The zero-order chi connectivity index (χ0) is 19.1. The van der Waals surface area contributed by atoms with Crippen molar-refractivity contribution in [2.75, 3.05) is 13.2 Å². The number of hydrogen-bond donors (Lipinski definition) is 1. The lowest BCUT2D eigenvalue weighted by atomic mass is 10.1. The Labute approximate surface area is 168 Å². The summed E-state index contributed by atoms with van der Waals surface area (Å²) in [5, 5.41) is 13.1. The number of nitrogens with zero attached hydrogens (tertiary/aromatic N) is 3. The molecule has 3 heterocycles. The Morgan fingerprint density at radius 2 is 2.14 bits per heavy atom. The van der Waals surface area contributed by atoms with Gasteiger partial charge < -0.3 is 14.7 Å². The Balaban J connectivity index is 1.53. The number of thiazole rings is 2. The third-order valence-electron chi connectivity index (χ3n) is 4.59. The standard InChI is InChI=1S/C20H15N3O3S2/c24-16-8-12(19-22-14-3-1-2-4-17(14)28-19)7-13-9-23(5-6-26-18(13)16)20(25)15-10-27-11-21-15/h1-4,7-8,10-11,24H,5-6,9H2. The number of aromatic hydroxyl groups is 1. The van der Waals surface area contributed by atoms with Crippen LogP contribution in [0, 0.1) is 0 Å². The lowest BCUT2D eigenvalue weighted by Gasteiger charge is -2.18. The van der Waals surface area contributed by atoms with Crippen molar-refractivity contribution >= 4 is 38.8 Å². The molecular formula is C20H15N3O3S2. The SMILES string of the molecule is O=C(c1cscn1)N1CCOc2c(O)cc(-c3nc4ccccc4s3)cc2C1. The number of para-hydroxylation sites is 1. The molecule has 0 saturated heterocycles. The molecule has 140 valence electrons. The van der Waals surface area contributed by atoms with Crippen LogP contribution in [0.15, 0.2) is 47.3 Å². The van der Waals surface area contributed by atoms with Crippen molar-refractivity contribution in [2.45, 2.75) is 6.54 Å². The van der Waals surface area contributed by atoms with Crippen molar-refractivity contribution in [1.29, 1.82) is 0 Å². The van der Waals surface area contributed by atoms with E-state index in [1.807, 2.05) is 30.3 Å². The smallest absolute Gasteiger partial charge is 0.273 e. The van der Waals surface area contributed by atoms with E-state index in [0.717, 1.165) is 26.4 Å². The van der Waals surface area contributed by atoms with Crippen molar-refractivity contribution in [3.8, 4) is 22.1 Å². The molecule has 2 aromatic carbocycles. The second-order valence-corrected chi connectivity index (χ2v) is 8.17. The average Bonchev–Trinajstić information content (AvgIpc) is 3.33. The highest BCUT2D eigenvalue weighted by molar-refractivity contribution is 7.21. The Morgan fingerprint density at radius 1 is 1.25 bits per heavy atom. The van der Waals surface area contributed by atoms with Gasteiger partial charge in [0.1, 0.15) is 17.3 Å². The number of benzene rings is 2. The largest absolute Gasteiger partial charge is 0.504 e. The molecule has 1 amide bonds. The molecule has 8 heteroatoms. The van der Waals surface area contributed by atoms with Gasteiger partial charge in [-0.1, -0.05) is 12.1 Å². The molecular weight excluding hydrogens is 394 g/mol. The number of carbonyl (C=O) groups excluding carboxylic acids is 1. The van der Waals surface area contributed by atoms with Gasteiger partial charge in [-0.3, -0.25) is 4.79 Å². The van der Waals surface area contributed by atoms with Crippen LogP contribution in [0.2, 0.25) is 0 Å². The molecule has 1 aliphatic heterocycles. The van der Waals surface area contributed by atoms with Crippen LogP contribution in [0.4, 0.5) is 0 Å². The molecule has 2 aromatic heterocycles. The van der Waals surface area contributed by atoms with Crippen molar-refractivity contribution < 1.29 is 14.6 Å². The lowest BCUT2D eigenvalue weighted by Crippen LogP contribution is -2.32. The third-order valence-corrected chi connectivity index (χ3v) is 6.27. The summed E-state index contributed by atoms with van der Waals surface area (Å²) in [6.07, 6.45) is 0. The monoisotopic (exact) mass is 409 g/mol. The predicted molar refractivity (Wildman–Crippen MR) is 109 cm³/mol. The van der Waals surface area contributed by atoms with E-state index in [9.17, 15) is 9.90 Å². The Hall–Kier alpha value is -2.97. The molecule has 4 aromatic rings. The van der Waals surface area contributed by atoms with Gasteiger partial charge in [0.05, 0.1) is 22.3 Å². The van der Waals surface area contributed by atoms with Gasteiger partial charge in [-0.2, -0.15) is 0 Å². The summed E-state index contributed by atoms with van der Waals surface area (Å²) in [6, 6.07) is 11.5. The summed E-state index contributed by atoms with van der Waals surface area (Å²) in [5.74, 6) is 0.357. The van der Waals surface area contributed by atoms with Crippen LogP contribution in [0.25, 0.3) is 20.8 Å². The van der Waals surface area contributed by atoms with Gasteiger partial charge in [-0.25, -0.2) is 9.97 Å².